The summed E-state index contributed by atoms with van der Waals surface area (Å²) < 4.78 is 20.2. The second-order valence-corrected chi connectivity index (χ2v) is 5.80. The van der Waals surface area contributed by atoms with Crippen molar-refractivity contribution in [2.75, 3.05) is 11.9 Å². The number of carbonyl (C=O) groups is 1. The van der Waals surface area contributed by atoms with Crippen molar-refractivity contribution in [1.82, 2.24) is 14.8 Å². The first-order chi connectivity index (χ1) is 11.7. The number of halogens is 1. The van der Waals surface area contributed by atoms with Gasteiger partial charge in [0, 0.05) is 11.6 Å². The summed E-state index contributed by atoms with van der Waals surface area (Å²) in [5.74, 6) is -0.373. The van der Waals surface area contributed by atoms with Gasteiger partial charge in [0.1, 0.15) is 5.82 Å². The number of benzene rings is 1. The summed E-state index contributed by atoms with van der Waals surface area (Å²) in [6.45, 7) is 2.44. The van der Waals surface area contributed by atoms with Gasteiger partial charge in [-0.3, -0.25) is 10.1 Å². The predicted octanol–water partition coefficient (Wildman–Crippen LogP) is 3.51. The van der Waals surface area contributed by atoms with Gasteiger partial charge in [-0.05, 0) is 30.7 Å². The van der Waals surface area contributed by atoms with E-state index in [0.717, 1.165) is 6.42 Å². The van der Waals surface area contributed by atoms with Crippen molar-refractivity contribution in [2.45, 2.75) is 13.3 Å². The fourth-order valence-corrected chi connectivity index (χ4v) is 2.52. The number of hydrogen-bond acceptors (Lipinski definition) is 5. The smallest absolute Gasteiger partial charge is 0.281 e. The van der Waals surface area contributed by atoms with E-state index in [1.54, 1.807) is 29.9 Å². The van der Waals surface area contributed by atoms with Crippen LogP contribution in [0.25, 0.3) is 5.69 Å². The van der Waals surface area contributed by atoms with E-state index in [2.05, 4.69) is 15.4 Å². The van der Waals surface area contributed by atoms with Crippen LogP contribution in [0.3, 0.4) is 0 Å². The summed E-state index contributed by atoms with van der Waals surface area (Å²) >= 11 is 1.31. The zero-order chi connectivity index (χ0) is 16.9. The second kappa shape index (κ2) is 7.22. The summed E-state index contributed by atoms with van der Waals surface area (Å²) in [5.41, 5.74) is 0.786. The Balaban J connectivity index is 1.90. The van der Waals surface area contributed by atoms with Gasteiger partial charge in [-0.1, -0.05) is 6.92 Å². The molecule has 0 spiro atoms. The van der Waals surface area contributed by atoms with Crippen molar-refractivity contribution in [3.8, 4) is 11.4 Å². The van der Waals surface area contributed by atoms with Gasteiger partial charge in [0.05, 0.1) is 18.5 Å². The van der Waals surface area contributed by atoms with E-state index in [4.69, 9.17) is 4.74 Å². The zero-order valence-corrected chi connectivity index (χ0v) is 13.7. The maximum atomic E-state index is 13.1. The number of aromatic nitrogens is 3. The van der Waals surface area contributed by atoms with Gasteiger partial charge >= 0.3 is 0 Å². The topological polar surface area (TPSA) is 69.0 Å². The van der Waals surface area contributed by atoms with Crippen molar-refractivity contribution in [3.05, 3.63) is 53.6 Å². The van der Waals surface area contributed by atoms with Crippen molar-refractivity contribution in [2.24, 2.45) is 0 Å². The molecule has 0 saturated carbocycles. The summed E-state index contributed by atoms with van der Waals surface area (Å²) in [6.07, 6.45) is 4.01. The van der Waals surface area contributed by atoms with E-state index >= 15 is 0 Å². The van der Waals surface area contributed by atoms with Crippen LogP contribution in [-0.2, 0) is 0 Å². The molecule has 1 amide bonds. The zero-order valence-electron chi connectivity index (χ0n) is 12.9. The van der Waals surface area contributed by atoms with Gasteiger partial charge in [-0.15, -0.1) is 11.3 Å². The number of anilines is 1. The monoisotopic (exact) mass is 346 g/mol. The highest BCUT2D eigenvalue weighted by Crippen LogP contribution is 2.22. The molecule has 1 N–H and O–H groups in total. The van der Waals surface area contributed by atoms with Crippen LogP contribution in [0.15, 0.2) is 42.0 Å². The molecule has 0 fully saturated rings. The first kappa shape index (κ1) is 16.1. The summed E-state index contributed by atoms with van der Waals surface area (Å²) in [5, 5.41) is 9.21. The Hall–Kier alpha value is -2.74. The van der Waals surface area contributed by atoms with Crippen LogP contribution < -0.4 is 10.1 Å². The number of thiazole rings is 1. The first-order valence-electron chi connectivity index (χ1n) is 7.36. The summed E-state index contributed by atoms with van der Waals surface area (Å²) in [6, 6.07) is 5.82. The number of nitrogens with zero attached hydrogens (tertiary/aromatic N) is 3. The number of nitrogens with one attached hydrogen (secondary N) is 1. The molecule has 0 aliphatic rings. The molecule has 0 bridgehead atoms. The minimum atomic E-state index is -0.406. The second-order valence-electron chi connectivity index (χ2n) is 4.90. The van der Waals surface area contributed by atoms with Crippen molar-refractivity contribution >= 4 is 22.4 Å². The van der Waals surface area contributed by atoms with E-state index in [-0.39, 0.29) is 11.5 Å². The van der Waals surface area contributed by atoms with Gasteiger partial charge < -0.3 is 4.74 Å². The Morgan fingerprint density at radius 1 is 1.38 bits per heavy atom. The molecular formula is C16H15FN4O2S. The third kappa shape index (κ3) is 3.60. The lowest BCUT2D eigenvalue weighted by Crippen LogP contribution is -2.14. The molecule has 3 rings (SSSR count). The number of amides is 1. The SMILES string of the molecule is CCCOc1cn(-c2ccc(F)cc2)nc1C(=O)Nc1nccs1. The fraction of sp³-hybridized carbons (Fsp3) is 0.188. The maximum absolute atomic E-state index is 13.1. The molecular weight excluding hydrogens is 331 g/mol. The van der Waals surface area contributed by atoms with Crippen molar-refractivity contribution < 1.29 is 13.9 Å². The molecule has 0 aliphatic carbocycles. The molecule has 0 unspecified atom stereocenters. The number of carbonyl (C=O) groups excluding carboxylic acids is 1. The third-order valence-corrected chi connectivity index (χ3v) is 3.79. The van der Waals surface area contributed by atoms with Crippen molar-refractivity contribution in [1.29, 1.82) is 0 Å². The minimum Gasteiger partial charge on any atom is -0.489 e. The Labute approximate surface area is 141 Å². The van der Waals surface area contributed by atoms with Crippen LogP contribution in [-0.4, -0.2) is 27.3 Å². The average Bonchev–Trinajstić information content (AvgIpc) is 3.23. The highest BCUT2D eigenvalue weighted by Gasteiger charge is 2.20. The van der Waals surface area contributed by atoms with E-state index in [1.807, 2.05) is 6.92 Å². The Kier molecular flexibility index (Phi) is 4.85. The van der Waals surface area contributed by atoms with Crippen LogP contribution in [0.1, 0.15) is 23.8 Å². The molecule has 2 heterocycles. The Bertz CT molecular complexity index is 815. The van der Waals surface area contributed by atoms with Crippen LogP contribution >= 0.6 is 11.3 Å². The van der Waals surface area contributed by atoms with Crippen LogP contribution in [0.5, 0.6) is 5.75 Å². The number of hydrogen-bond donors (Lipinski definition) is 1. The molecule has 1 aromatic carbocycles. The molecule has 6 nitrogen and oxygen atoms in total. The average molecular weight is 346 g/mol. The lowest BCUT2D eigenvalue weighted by molar-refractivity contribution is 0.101. The van der Waals surface area contributed by atoms with Crippen LogP contribution in [0, 0.1) is 5.82 Å². The lowest BCUT2D eigenvalue weighted by Gasteiger charge is -2.03. The standard InChI is InChI=1S/C16H15FN4O2S/c1-2-8-23-13-10-21(12-5-3-11(17)4-6-12)20-14(13)15(22)19-16-18-7-9-24-16/h3-7,9-10H,2,8H2,1H3,(H,18,19,22). The molecule has 8 heteroatoms. The van der Waals surface area contributed by atoms with Crippen molar-refractivity contribution in [3.63, 3.8) is 0 Å². The lowest BCUT2D eigenvalue weighted by atomic mass is 10.3. The molecule has 0 saturated heterocycles. The first-order valence-corrected chi connectivity index (χ1v) is 8.24. The van der Waals surface area contributed by atoms with Gasteiger partial charge in [0.25, 0.3) is 5.91 Å². The highest BCUT2D eigenvalue weighted by atomic mass is 32.1. The molecule has 3 aromatic rings. The fourth-order valence-electron chi connectivity index (χ4n) is 2.00. The Morgan fingerprint density at radius 3 is 2.83 bits per heavy atom. The summed E-state index contributed by atoms with van der Waals surface area (Å²) in [4.78, 5) is 16.5. The van der Waals surface area contributed by atoms with Gasteiger partial charge in [-0.2, -0.15) is 5.10 Å². The van der Waals surface area contributed by atoms with E-state index < -0.39 is 5.91 Å². The van der Waals surface area contributed by atoms with E-state index in [9.17, 15) is 9.18 Å². The minimum absolute atomic E-state index is 0.156. The quantitative estimate of drug-likeness (QED) is 0.741. The highest BCUT2D eigenvalue weighted by molar-refractivity contribution is 7.13. The van der Waals surface area contributed by atoms with Gasteiger partial charge in [-0.25, -0.2) is 14.1 Å². The van der Waals surface area contributed by atoms with Gasteiger partial charge in [0.15, 0.2) is 16.6 Å². The van der Waals surface area contributed by atoms with E-state index in [0.29, 0.717) is 23.2 Å². The number of rotatable bonds is 6. The molecule has 0 radical (unpaired) electrons. The number of ether oxygens (including phenoxy) is 1. The van der Waals surface area contributed by atoms with Gasteiger partial charge in [0.2, 0.25) is 0 Å². The molecule has 124 valence electrons. The third-order valence-electron chi connectivity index (χ3n) is 3.10. The summed E-state index contributed by atoms with van der Waals surface area (Å²) in [7, 11) is 0. The Morgan fingerprint density at radius 2 is 2.17 bits per heavy atom. The molecule has 0 aliphatic heterocycles. The largest absolute Gasteiger partial charge is 0.489 e. The molecule has 2 aromatic heterocycles. The van der Waals surface area contributed by atoms with Crippen LogP contribution in [0.2, 0.25) is 0 Å². The molecule has 24 heavy (non-hydrogen) atoms. The predicted molar refractivity (Wildman–Crippen MR) is 89.4 cm³/mol. The molecule has 0 atom stereocenters. The normalized spacial score (nSPS) is 10.6. The van der Waals surface area contributed by atoms with E-state index in [1.165, 1.54) is 28.2 Å². The maximum Gasteiger partial charge on any atom is 0.281 e. The van der Waals surface area contributed by atoms with Crippen LogP contribution in [0.4, 0.5) is 9.52 Å².